The Labute approximate surface area is 225 Å². The fourth-order valence-electron chi connectivity index (χ4n) is 5.15. The number of anilines is 3. The van der Waals surface area contributed by atoms with Crippen LogP contribution in [0.2, 0.25) is 0 Å². The lowest BCUT2D eigenvalue weighted by Crippen LogP contribution is -2.52. The second kappa shape index (κ2) is 10.8. The van der Waals surface area contributed by atoms with Crippen LogP contribution < -0.4 is 9.80 Å². The Morgan fingerprint density at radius 1 is 0.846 bits per heavy atom. The van der Waals surface area contributed by atoms with Gasteiger partial charge >= 0.3 is 12.0 Å². The van der Waals surface area contributed by atoms with Crippen molar-refractivity contribution < 1.29 is 28.3 Å². The summed E-state index contributed by atoms with van der Waals surface area (Å²) < 4.78 is 28.2. The first-order valence-corrected chi connectivity index (χ1v) is 13.0. The van der Waals surface area contributed by atoms with E-state index in [-0.39, 0.29) is 50.1 Å². The molecule has 1 saturated carbocycles. The molecule has 202 valence electrons. The lowest BCUT2D eigenvalue weighted by molar-refractivity contribution is -0.154. The van der Waals surface area contributed by atoms with Gasteiger partial charge in [-0.05, 0) is 74.2 Å². The number of rotatable bonds is 7. The van der Waals surface area contributed by atoms with Crippen LogP contribution in [0.3, 0.4) is 0 Å². The van der Waals surface area contributed by atoms with Gasteiger partial charge in [0.2, 0.25) is 5.91 Å². The number of likely N-dealkylation sites (tertiary alicyclic amines) is 1. The topological polar surface area (TPSA) is 81.2 Å². The number of aliphatic carboxylic acids is 1. The third-order valence-electron chi connectivity index (χ3n) is 7.51. The standard InChI is InChI=1S/C30H29F2N3O4/c31-21-10-12-23(13-11-21)34(24-14-15-24)29(39)33-18-16-30(17-19-33,28(37)38)20-27(36)35(22-6-2-1-3-7-22)26-9-5-4-8-25(26)32/h1-13,24H,14-20H2,(H,37,38). The second-order valence-corrected chi connectivity index (χ2v) is 10.1. The van der Waals surface area contributed by atoms with E-state index < -0.39 is 28.9 Å². The number of nitrogens with zero attached hydrogens (tertiary/aromatic N) is 3. The van der Waals surface area contributed by atoms with Crippen LogP contribution in [-0.2, 0) is 9.59 Å². The van der Waals surface area contributed by atoms with Crippen molar-refractivity contribution in [1.82, 2.24) is 4.90 Å². The molecule has 0 spiro atoms. The highest BCUT2D eigenvalue weighted by Gasteiger charge is 2.46. The molecule has 0 aromatic heterocycles. The molecular formula is C30H29F2N3O4. The molecule has 1 aliphatic carbocycles. The molecule has 3 aromatic rings. The van der Waals surface area contributed by atoms with E-state index in [1.807, 2.05) is 0 Å². The predicted octanol–water partition coefficient (Wildman–Crippen LogP) is 5.98. The number of amides is 3. The van der Waals surface area contributed by atoms with Crippen LogP contribution in [0.1, 0.15) is 32.1 Å². The Kier molecular flexibility index (Phi) is 7.32. The molecule has 5 rings (SSSR count). The summed E-state index contributed by atoms with van der Waals surface area (Å²) in [6.45, 7) is 0.293. The number of carbonyl (C=O) groups is 3. The maximum Gasteiger partial charge on any atom is 0.324 e. The zero-order valence-corrected chi connectivity index (χ0v) is 21.3. The van der Waals surface area contributed by atoms with Crippen LogP contribution in [0, 0.1) is 17.0 Å². The molecule has 0 unspecified atom stereocenters. The summed E-state index contributed by atoms with van der Waals surface area (Å²) in [6.07, 6.45) is 1.48. The van der Waals surface area contributed by atoms with E-state index >= 15 is 0 Å². The van der Waals surface area contributed by atoms with Crippen LogP contribution in [0.4, 0.5) is 30.6 Å². The van der Waals surface area contributed by atoms with Gasteiger partial charge in [0.05, 0.1) is 11.1 Å². The summed E-state index contributed by atoms with van der Waals surface area (Å²) in [5.41, 5.74) is -0.342. The van der Waals surface area contributed by atoms with Crippen molar-refractivity contribution in [3.63, 3.8) is 0 Å². The molecule has 1 heterocycles. The largest absolute Gasteiger partial charge is 0.481 e. The van der Waals surface area contributed by atoms with Crippen molar-refractivity contribution >= 4 is 35.0 Å². The maximum absolute atomic E-state index is 14.8. The monoisotopic (exact) mass is 533 g/mol. The van der Waals surface area contributed by atoms with Gasteiger partial charge in [0.15, 0.2) is 0 Å². The normalized spacial score (nSPS) is 16.4. The minimum Gasteiger partial charge on any atom is -0.481 e. The first-order valence-electron chi connectivity index (χ1n) is 13.0. The van der Waals surface area contributed by atoms with Crippen molar-refractivity contribution in [2.24, 2.45) is 5.41 Å². The second-order valence-electron chi connectivity index (χ2n) is 10.1. The van der Waals surface area contributed by atoms with E-state index in [1.165, 1.54) is 35.2 Å². The minimum atomic E-state index is -1.41. The number of para-hydroxylation sites is 2. The van der Waals surface area contributed by atoms with Crippen LogP contribution in [0.15, 0.2) is 78.9 Å². The zero-order chi connectivity index (χ0) is 27.6. The van der Waals surface area contributed by atoms with Crippen molar-refractivity contribution in [2.75, 3.05) is 22.9 Å². The van der Waals surface area contributed by atoms with E-state index in [9.17, 15) is 28.3 Å². The molecule has 7 nitrogen and oxygen atoms in total. The number of carbonyl (C=O) groups excluding carboxylic acids is 2. The van der Waals surface area contributed by atoms with Crippen LogP contribution in [-0.4, -0.2) is 47.0 Å². The highest BCUT2D eigenvalue weighted by molar-refractivity contribution is 6.02. The van der Waals surface area contributed by atoms with Crippen molar-refractivity contribution in [3.8, 4) is 0 Å². The lowest BCUT2D eigenvalue weighted by Gasteiger charge is -2.41. The van der Waals surface area contributed by atoms with Crippen LogP contribution in [0.25, 0.3) is 0 Å². The van der Waals surface area contributed by atoms with Crippen molar-refractivity contribution in [2.45, 2.75) is 38.1 Å². The van der Waals surface area contributed by atoms with Crippen molar-refractivity contribution in [1.29, 1.82) is 0 Å². The van der Waals surface area contributed by atoms with Crippen LogP contribution in [0.5, 0.6) is 0 Å². The third kappa shape index (κ3) is 5.48. The quantitative estimate of drug-likeness (QED) is 0.406. The molecule has 1 N–H and O–H groups in total. The molecule has 1 aliphatic heterocycles. The highest BCUT2D eigenvalue weighted by Crippen LogP contribution is 2.40. The first-order chi connectivity index (χ1) is 18.8. The van der Waals surface area contributed by atoms with Gasteiger partial charge in [-0.1, -0.05) is 30.3 Å². The summed E-state index contributed by atoms with van der Waals surface area (Å²) in [5.74, 6) is -2.65. The average molecular weight is 534 g/mol. The fraction of sp³-hybridized carbons (Fsp3) is 0.300. The van der Waals surface area contributed by atoms with Crippen molar-refractivity contribution in [3.05, 3.63) is 90.5 Å². The number of hydrogen-bond acceptors (Lipinski definition) is 3. The summed E-state index contributed by atoms with van der Waals surface area (Å²) in [6, 6.07) is 19.9. The Bertz CT molecular complexity index is 1350. The van der Waals surface area contributed by atoms with Gasteiger partial charge in [-0.25, -0.2) is 13.6 Å². The van der Waals surface area contributed by atoms with E-state index in [4.69, 9.17) is 0 Å². The Hall–Kier alpha value is -4.27. The molecule has 3 aromatic carbocycles. The number of halogens is 2. The first kappa shape index (κ1) is 26.3. The number of carboxylic acids is 1. The zero-order valence-electron chi connectivity index (χ0n) is 21.3. The van der Waals surface area contributed by atoms with Gasteiger partial charge in [-0.3, -0.25) is 19.4 Å². The van der Waals surface area contributed by atoms with E-state index in [1.54, 1.807) is 58.3 Å². The van der Waals surface area contributed by atoms with Gasteiger partial charge in [0.25, 0.3) is 0 Å². The molecule has 0 atom stereocenters. The van der Waals surface area contributed by atoms with Gasteiger partial charge in [-0.2, -0.15) is 0 Å². The maximum atomic E-state index is 14.8. The highest BCUT2D eigenvalue weighted by atomic mass is 19.1. The van der Waals surface area contributed by atoms with Gasteiger partial charge in [0.1, 0.15) is 11.6 Å². The van der Waals surface area contributed by atoms with Gasteiger partial charge < -0.3 is 10.0 Å². The molecular weight excluding hydrogens is 504 g/mol. The molecule has 2 fully saturated rings. The minimum absolute atomic E-state index is 0.0240. The third-order valence-corrected chi connectivity index (χ3v) is 7.51. The summed E-state index contributed by atoms with van der Waals surface area (Å²) in [7, 11) is 0. The molecule has 39 heavy (non-hydrogen) atoms. The predicted molar refractivity (Wildman–Crippen MR) is 143 cm³/mol. The van der Waals surface area contributed by atoms with E-state index in [0.717, 1.165) is 12.8 Å². The Morgan fingerprint density at radius 3 is 2.05 bits per heavy atom. The number of carboxylic acid groups (broad SMARTS) is 1. The fourth-order valence-corrected chi connectivity index (χ4v) is 5.15. The number of urea groups is 1. The molecule has 2 aliphatic rings. The van der Waals surface area contributed by atoms with Crippen LogP contribution >= 0.6 is 0 Å². The number of benzene rings is 3. The number of hydrogen-bond donors (Lipinski definition) is 1. The summed E-state index contributed by atoms with van der Waals surface area (Å²) >= 11 is 0. The lowest BCUT2D eigenvalue weighted by atomic mass is 9.75. The molecule has 0 bridgehead atoms. The Balaban J connectivity index is 1.35. The molecule has 3 amide bonds. The van der Waals surface area contributed by atoms with E-state index in [2.05, 4.69) is 0 Å². The summed E-state index contributed by atoms with van der Waals surface area (Å²) in [4.78, 5) is 44.2. The SMILES string of the molecule is O=C(CC1(C(=O)O)CCN(C(=O)N(c2ccc(F)cc2)C2CC2)CC1)N(c1ccccc1)c1ccccc1F. The van der Waals surface area contributed by atoms with Gasteiger partial charge in [0, 0.05) is 36.9 Å². The van der Waals surface area contributed by atoms with E-state index in [0.29, 0.717) is 11.4 Å². The number of piperidine rings is 1. The smallest absolute Gasteiger partial charge is 0.324 e. The summed E-state index contributed by atoms with van der Waals surface area (Å²) in [5, 5.41) is 10.3. The van der Waals surface area contributed by atoms with Gasteiger partial charge in [-0.15, -0.1) is 0 Å². The Morgan fingerprint density at radius 2 is 1.46 bits per heavy atom. The molecule has 0 radical (unpaired) electrons. The molecule has 9 heteroatoms. The molecule has 1 saturated heterocycles. The average Bonchev–Trinajstić information content (AvgIpc) is 3.77.